The summed E-state index contributed by atoms with van der Waals surface area (Å²) in [6, 6.07) is 16.0. The van der Waals surface area contributed by atoms with E-state index in [9.17, 15) is 4.79 Å². The Labute approximate surface area is 139 Å². The maximum atomic E-state index is 12.4. The van der Waals surface area contributed by atoms with Crippen LogP contribution in [-0.4, -0.2) is 45.3 Å². The molecule has 0 spiro atoms. The summed E-state index contributed by atoms with van der Waals surface area (Å²) in [5, 5.41) is 13.7. The van der Waals surface area contributed by atoms with Crippen LogP contribution in [0, 0.1) is 0 Å². The van der Waals surface area contributed by atoms with E-state index in [0.717, 1.165) is 31.6 Å². The van der Waals surface area contributed by atoms with Crippen LogP contribution in [0.5, 0.6) is 0 Å². The standard InChI is InChI=1S/C18H19N5O/c24-18(14-6-7-16-17(10-14)21-22-20-16)19-15-8-9-23(12-15)11-13-4-2-1-3-5-13/h1-7,10,15H,8-9,11-12H2,(H,19,24)(H,20,21,22). The summed E-state index contributed by atoms with van der Waals surface area (Å²) in [5.41, 5.74) is 3.40. The summed E-state index contributed by atoms with van der Waals surface area (Å²) in [6.45, 7) is 2.81. The molecule has 1 fully saturated rings. The lowest BCUT2D eigenvalue weighted by molar-refractivity contribution is 0.0938. The van der Waals surface area contributed by atoms with Gasteiger partial charge in [-0.25, -0.2) is 0 Å². The molecule has 3 aromatic rings. The van der Waals surface area contributed by atoms with Gasteiger partial charge in [-0.2, -0.15) is 15.4 Å². The van der Waals surface area contributed by atoms with E-state index in [-0.39, 0.29) is 11.9 Å². The normalized spacial score (nSPS) is 18.1. The third kappa shape index (κ3) is 3.14. The number of aromatic amines is 1. The van der Waals surface area contributed by atoms with Gasteiger partial charge in [0, 0.05) is 31.2 Å². The lowest BCUT2D eigenvalue weighted by Gasteiger charge is -2.16. The van der Waals surface area contributed by atoms with E-state index >= 15 is 0 Å². The van der Waals surface area contributed by atoms with Gasteiger partial charge < -0.3 is 5.32 Å². The number of hydrogen-bond acceptors (Lipinski definition) is 4. The monoisotopic (exact) mass is 321 g/mol. The smallest absolute Gasteiger partial charge is 0.251 e. The minimum absolute atomic E-state index is 0.0496. The zero-order valence-electron chi connectivity index (χ0n) is 13.3. The molecule has 4 rings (SSSR count). The fourth-order valence-electron chi connectivity index (χ4n) is 3.19. The first kappa shape index (κ1) is 14.8. The fourth-order valence-corrected chi connectivity index (χ4v) is 3.19. The molecule has 1 aromatic heterocycles. The number of likely N-dealkylation sites (tertiary alicyclic amines) is 1. The molecule has 0 saturated carbocycles. The average molecular weight is 321 g/mol. The molecule has 6 heteroatoms. The Morgan fingerprint density at radius 2 is 2.00 bits per heavy atom. The minimum Gasteiger partial charge on any atom is -0.348 e. The van der Waals surface area contributed by atoms with Crippen LogP contribution in [0.2, 0.25) is 0 Å². The summed E-state index contributed by atoms with van der Waals surface area (Å²) < 4.78 is 0. The highest BCUT2D eigenvalue weighted by Gasteiger charge is 2.24. The summed E-state index contributed by atoms with van der Waals surface area (Å²) >= 11 is 0. The van der Waals surface area contributed by atoms with Crippen molar-refractivity contribution < 1.29 is 4.79 Å². The van der Waals surface area contributed by atoms with E-state index in [2.05, 4.69) is 49.9 Å². The van der Waals surface area contributed by atoms with Crippen LogP contribution in [-0.2, 0) is 6.54 Å². The fraction of sp³-hybridized carbons (Fsp3) is 0.278. The Kier molecular flexibility index (Phi) is 3.96. The quantitative estimate of drug-likeness (QED) is 0.770. The number of amides is 1. The van der Waals surface area contributed by atoms with Gasteiger partial charge in [-0.3, -0.25) is 9.69 Å². The topological polar surface area (TPSA) is 73.9 Å². The largest absolute Gasteiger partial charge is 0.348 e. The van der Waals surface area contributed by atoms with Gasteiger partial charge in [0.2, 0.25) is 0 Å². The predicted octanol–water partition coefficient (Wildman–Crippen LogP) is 1.96. The second-order valence-corrected chi connectivity index (χ2v) is 6.21. The molecule has 1 amide bonds. The van der Waals surface area contributed by atoms with Gasteiger partial charge in [0.25, 0.3) is 5.91 Å². The summed E-state index contributed by atoms with van der Waals surface area (Å²) in [7, 11) is 0. The van der Waals surface area contributed by atoms with Crippen molar-refractivity contribution >= 4 is 16.9 Å². The molecule has 6 nitrogen and oxygen atoms in total. The molecule has 0 radical (unpaired) electrons. The second kappa shape index (κ2) is 6.41. The van der Waals surface area contributed by atoms with Gasteiger partial charge in [0.05, 0.1) is 0 Å². The second-order valence-electron chi connectivity index (χ2n) is 6.21. The lowest BCUT2D eigenvalue weighted by Crippen LogP contribution is -2.36. The van der Waals surface area contributed by atoms with E-state index in [4.69, 9.17) is 0 Å². The number of benzene rings is 2. The predicted molar refractivity (Wildman–Crippen MR) is 91.5 cm³/mol. The van der Waals surface area contributed by atoms with Crippen molar-refractivity contribution in [3.05, 3.63) is 59.7 Å². The summed E-state index contributed by atoms with van der Waals surface area (Å²) in [6.07, 6.45) is 0.977. The van der Waals surface area contributed by atoms with Gasteiger partial charge in [-0.15, -0.1) is 0 Å². The molecule has 1 saturated heterocycles. The molecular weight excluding hydrogens is 302 g/mol. The number of rotatable bonds is 4. The number of fused-ring (bicyclic) bond motifs is 1. The Morgan fingerprint density at radius 1 is 1.17 bits per heavy atom. The molecular formula is C18H19N5O. The molecule has 1 aliphatic rings. The van der Waals surface area contributed by atoms with E-state index in [0.29, 0.717) is 11.1 Å². The highest BCUT2D eigenvalue weighted by atomic mass is 16.1. The van der Waals surface area contributed by atoms with Crippen LogP contribution < -0.4 is 5.32 Å². The van der Waals surface area contributed by atoms with E-state index in [1.165, 1.54) is 5.56 Å². The first-order chi connectivity index (χ1) is 11.8. The van der Waals surface area contributed by atoms with Crippen LogP contribution >= 0.6 is 0 Å². The maximum absolute atomic E-state index is 12.4. The van der Waals surface area contributed by atoms with Gasteiger partial charge >= 0.3 is 0 Å². The van der Waals surface area contributed by atoms with Crippen molar-refractivity contribution in [3.8, 4) is 0 Å². The molecule has 0 aliphatic carbocycles. The first-order valence-electron chi connectivity index (χ1n) is 8.15. The number of aromatic nitrogens is 3. The van der Waals surface area contributed by atoms with Crippen molar-refractivity contribution in [1.29, 1.82) is 0 Å². The van der Waals surface area contributed by atoms with Crippen molar-refractivity contribution in [1.82, 2.24) is 25.6 Å². The van der Waals surface area contributed by atoms with Gasteiger partial charge in [-0.05, 0) is 30.2 Å². The number of hydrogen-bond donors (Lipinski definition) is 2. The molecule has 1 atom stereocenters. The van der Waals surface area contributed by atoms with Crippen molar-refractivity contribution in [2.75, 3.05) is 13.1 Å². The third-order valence-corrected chi connectivity index (χ3v) is 4.44. The summed E-state index contributed by atoms with van der Waals surface area (Å²) in [4.78, 5) is 14.8. The van der Waals surface area contributed by atoms with Gasteiger partial charge in [-0.1, -0.05) is 30.3 Å². The average Bonchev–Trinajstić information content (AvgIpc) is 3.24. The number of nitrogens with zero attached hydrogens (tertiary/aromatic N) is 3. The highest BCUT2D eigenvalue weighted by molar-refractivity contribution is 5.97. The first-order valence-corrected chi connectivity index (χ1v) is 8.15. The zero-order chi connectivity index (χ0) is 16.4. The van der Waals surface area contributed by atoms with Gasteiger partial charge in [0.15, 0.2) is 0 Å². The van der Waals surface area contributed by atoms with Crippen LogP contribution in [0.3, 0.4) is 0 Å². The Hall–Kier alpha value is -2.73. The molecule has 1 unspecified atom stereocenters. The van der Waals surface area contributed by atoms with E-state index in [1.54, 1.807) is 12.1 Å². The van der Waals surface area contributed by atoms with Crippen molar-refractivity contribution in [2.45, 2.75) is 19.0 Å². The molecule has 2 aromatic carbocycles. The lowest BCUT2D eigenvalue weighted by atomic mass is 10.1. The number of carbonyl (C=O) groups excluding carboxylic acids is 1. The number of H-pyrrole nitrogens is 1. The minimum atomic E-state index is -0.0496. The zero-order valence-corrected chi connectivity index (χ0v) is 13.3. The Morgan fingerprint density at radius 3 is 2.88 bits per heavy atom. The molecule has 24 heavy (non-hydrogen) atoms. The molecule has 2 N–H and O–H groups in total. The Bertz CT molecular complexity index is 845. The van der Waals surface area contributed by atoms with Crippen LogP contribution in [0.4, 0.5) is 0 Å². The molecule has 1 aliphatic heterocycles. The molecule has 122 valence electrons. The Balaban J connectivity index is 1.36. The molecule has 2 heterocycles. The number of carbonyl (C=O) groups is 1. The van der Waals surface area contributed by atoms with Crippen LogP contribution in [0.25, 0.3) is 11.0 Å². The van der Waals surface area contributed by atoms with E-state index in [1.807, 2.05) is 12.1 Å². The van der Waals surface area contributed by atoms with E-state index < -0.39 is 0 Å². The highest BCUT2D eigenvalue weighted by Crippen LogP contribution is 2.15. The maximum Gasteiger partial charge on any atom is 0.251 e. The van der Waals surface area contributed by atoms with Crippen LogP contribution in [0.1, 0.15) is 22.3 Å². The third-order valence-electron chi connectivity index (χ3n) is 4.44. The SMILES string of the molecule is O=C(NC1CCN(Cc2ccccc2)C1)c1ccc2n[nH]nc2c1. The van der Waals surface area contributed by atoms with Crippen molar-refractivity contribution in [2.24, 2.45) is 0 Å². The molecule has 0 bridgehead atoms. The summed E-state index contributed by atoms with van der Waals surface area (Å²) in [5.74, 6) is -0.0496. The van der Waals surface area contributed by atoms with Crippen molar-refractivity contribution in [3.63, 3.8) is 0 Å². The van der Waals surface area contributed by atoms with Gasteiger partial charge in [0.1, 0.15) is 11.0 Å². The number of nitrogens with one attached hydrogen (secondary N) is 2. The van der Waals surface area contributed by atoms with Crippen LogP contribution in [0.15, 0.2) is 48.5 Å².